The zero-order valence-electron chi connectivity index (χ0n) is 16.0. The van der Waals surface area contributed by atoms with Gasteiger partial charge in [-0.2, -0.15) is 0 Å². The Morgan fingerprint density at radius 1 is 1.25 bits per heavy atom. The van der Waals surface area contributed by atoms with E-state index in [0.29, 0.717) is 29.9 Å². The fourth-order valence-corrected chi connectivity index (χ4v) is 3.72. The molecular formula is C20H24N6O2. The van der Waals surface area contributed by atoms with Crippen molar-refractivity contribution in [2.45, 2.75) is 39.2 Å². The number of carbonyl (C=O) groups excluding carboxylic acids is 1. The molecule has 3 heterocycles. The smallest absolute Gasteiger partial charge is 0.289 e. The first kappa shape index (κ1) is 18.3. The lowest BCUT2D eigenvalue weighted by atomic mass is 9.97. The first-order chi connectivity index (χ1) is 13.6. The second-order valence-electron chi connectivity index (χ2n) is 7.35. The van der Waals surface area contributed by atoms with Gasteiger partial charge >= 0.3 is 0 Å². The molecule has 1 amide bonds. The first-order valence-corrected chi connectivity index (χ1v) is 9.81. The highest BCUT2D eigenvalue weighted by molar-refractivity contribution is 5.92. The minimum Gasteiger partial charge on any atom is -0.336 e. The van der Waals surface area contributed by atoms with E-state index >= 15 is 0 Å². The summed E-state index contributed by atoms with van der Waals surface area (Å²) in [6.45, 7) is 4.25. The van der Waals surface area contributed by atoms with Crippen LogP contribution < -0.4 is 5.56 Å². The summed E-state index contributed by atoms with van der Waals surface area (Å²) in [6, 6.07) is 7.05. The Labute approximate surface area is 162 Å². The number of hydrogen-bond acceptors (Lipinski definition) is 5. The largest absolute Gasteiger partial charge is 0.336 e. The van der Waals surface area contributed by atoms with Gasteiger partial charge < -0.3 is 9.88 Å². The number of carbonyl (C=O) groups is 1. The van der Waals surface area contributed by atoms with Gasteiger partial charge in [-0.1, -0.05) is 30.7 Å². The molecule has 1 aromatic carbocycles. The zero-order valence-corrected chi connectivity index (χ0v) is 16.0. The number of aryl methyl sites for hydroxylation is 1. The minimum atomic E-state index is -0.280. The number of para-hydroxylation sites is 1. The average molecular weight is 380 g/mol. The van der Waals surface area contributed by atoms with Crippen LogP contribution in [0.2, 0.25) is 0 Å². The summed E-state index contributed by atoms with van der Waals surface area (Å²) >= 11 is 0. The van der Waals surface area contributed by atoms with Gasteiger partial charge in [-0.15, -0.1) is 5.10 Å². The van der Waals surface area contributed by atoms with Crippen LogP contribution in [0.3, 0.4) is 0 Å². The van der Waals surface area contributed by atoms with Crippen molar-refractivity contribution in [1.82, 2.24) is 29.9 Å². The molecule has 1 aliphatic rings. The van der Waals surface area contributed by atoms with Crippen LogP contribution in [-0.4, -0.2) is 48.9 Å². The van der Waals surface area contributed by atoms with Gasteiger partial charge in [0.15, 0.2) is 5.82 Å². The summed E-state index contributed by atoms with van der Waals surface area (Å²) in [5.41, 5.74) is 1.29. The van der Waals surface area contributed by atoms with Gasteiger partial charge in [0.05, 0.1) is 16.6 Å². The Hall–Kier alpha value is -3.03. The summed E-state index contributed by atoms with van der Waals surface area (Å²) in [4.78, 5) is 33.8. The van der Waals surface area contributed by atoms with Crippen molar-refractivity contribution in [3.05, 3.63) is 52.3 Å². The maximum Gasteiger partial charge on any atom is 0.289 e. The summed E-state index contributed by atoms with van der Waals surface area (Å²) in [5.74, 6) is 0.360. The molecule has 146 valence electrons. The van der Waals surface area contributed by atoms with Gasteiger partial charge in [0.1, 0.15) is 0 Å². The summed E-state index contributed by atoms with van der Waals surface area (Å²) in [6.07, 6.45) is 5.82. The molecule has 0 unspecified atom stereocenters. The van der Waals surface area contributed by atoms with Crippen LogP contribution in [0.25, 0.3) is 10.9 Å². The molecule has 4 rings (SSSR count). The van der Waals surface area contributed by atoms with Gasteiger partial charge in [-0.25, -0.2) is 4.98 Å². The van der Waals surface area contributed by atoms with E-state index in [4.69, 9.17) is 0 Å². The van der Waals surface area contributed by atoms with Crippen molar-refractivity contribution in [1.29, 1.82) is 0 Å². The first-order valence-electron chi connectivity index (χ1n) is 9.81. The molecule has 1 aliphatic heterocycles. The van der Waals surface area contributed by atoms with Crippen LogP contribution in [0.15, 0.2) is 35.3 Å². The van der Waals surface area contributed by atoms with Gasteiger partial charge in [0.2, 0.25) is 0 Å². The average Bonchev–Trinajstić information content (AvgIpc) is 3.15. The van der Waals surface area contributed by atoms with E-state index in [1.54, 1.807) is 23.1 Å². The van der Waals surface area contributed by atoms with Crippen molar-refractivity contribution in [2.24, 2.45) is 5.92 Å². The molecule has 2 aromatic heterocycles. The lowest BCUT2D eigenvalue weighted by molar-refractivity contribution is 0.0668. The molecule has 0 spiro atoms. The number of rotatable bonds is 5. The van der Waals surface area contributed by atoms with Crippen LogP contribution in [0.4, 0.5) is 0 Å². The Bertz CT molecular complexity index is 1030. The number of nitrogens with zero attached hydrogens (tertiary/aromatic N) is 5. The van der Waals surface area contributed by atoms with E-state index in [-0.39, 0.29) is 17.3 Å². The molecular weight excluding hydrogens is 356 g/mol. The summed E-state index contributed by atoms with van der Waals surface area (Å²) in [7, 11) is 0. The Kier molecular flexibility index (Phi) is 5.18. The Morgan fingerprint density at radius 2 is 2.04 bits per heavy atom. The maximum atomic E-state index is 12.8. The van der Waals surface area contributed by atoms with Gasteiger partial charge in [-0.3, -0.25) is 14.3 Å². The number of nitrogens with one attached hydrogen (secondary N) is 1. The predicted molar refractivity (Wildman–Crippen MR) is 105 cm³/mol. The molecule has 0 atom stereocenters. The lowest BCUT2D eigenvalue weighted by Gasteiger charge is -2.31. The molecule has 1 saturated heterocycles. The molecule has 28 heavy (non-hydrogen) atoms. The van der Waals surface area contributed by atoms with Gasteiger partial charge in [0.25, 0.3) is 11.5 Å². The topological polar surface area (TPSA) is 96.8 Å². The highest BCUT2D eigenvalue weighted by atomic mass is 16.2. The standard InChI is InChI=1S/C20H24N6O2/c1-2-5-15-13-26(24-23-15)12-14-8-10-25(11-9-14)20(28)18-21-17-7-4-3-6-16(17)19(27)22-18/h3-4,6-7,13-14H,2,5,8-12H2,1H3,(H,21,22,27). The number of piperidine rings is 1. The predicted octanol–water partition coefficient (Wildman–Crippen LogP) is 2.02. The van der Waals surface area contributed by atoms with Crippen LogP contribution in [0, 0.1) is 5.92 Å². The van der Waals surface area contributed by atoms with Gasteiger partial charge in [0, 0.05) is 25.8 Å². The van der Waals surface area contributed by atoms with E-state index in [1.165, 1.54) is 0 Å². The van der Waals surface area contributed by atoms with E-state index in [0.717, 1.165) is 37.9 Å². The fraction of sp³-hybridized carbons (Fsp3) is 0.450. The molecule has 1 N–H and O–H groups in total. The highest BCUT2D eigenvalue weighted by Crippen LogP contribution is 2.20. The van der Waals surface area contributed by atoms with E-state index in [9.17, 15) is 9.59 Å². The number of hydrogen-bond donors (Lipinski definition) is 1. The third kappa shape index (κ3) is 3.81. The van der Waals surface area contributed by atoms with E-state index in [1.807, 2.05) is 16.9 Å². The quantitative estimate of drug-likeness (QED) is 0.730. The minimum absolute atomic E-state index is 0.114. The Morgan fingerprint density at radius 3 is 2.82 bits per heavy atom. The monoisotopic (exact) mass is 380 g/mol. The van der Waals surface area contributed by atoms with Gasteiger partial charge in [-0.05, 0) is 37.3 Å². The van der Waals surface area contributed by atoms with Crippen molar-refractivity contribution in [3.63, 3.8) is 0 Å². The van der Waals surface area contributed by atoms with E-state index in [2.05, 4.69) is 27.2 Å². The second kappa shape index (κ2) is 7.92. The molecule has 0 aliphatic carbocycles. The molecule has 1 fully saturated rings. The second-order valence-corrected chi connectivity index (χ2v) is 7.35. The zero-order chi connectivity index (χ0) is 19.5. The molecule has 0 bridgehead atoms. The number of fused-ring (bicyclic) bond motifs is 1. The van der Waals surface area contributed by atoms with Crippen molar-refractivity contribution < 1.29 is 4.79 Å². The number of H-pyrrole nitrogens is 1. The third-order valence-corrected chi connectivity index (χ3v) is 5.25. The van der Waals surface area contributed by atoms with Crippen molar-refractivity contribution in [3.8, 4) is 0 Å². The number of aromatic amines is 1. The molecule has 0 saturated carbocycles. The van der Waals surface area contributed by atoms with Crippen LogP contribution in [0.5, 0.6) is 0 Å². The van der Waals surface area contributed by atoms with E-state index < -0.39 is 0 Å². The van der Waals surface area contributed by atoms with Crippen molar-refractivity contribution >= 4 is 16.8 Å². The number of likely N-dealkylation sites (tertiary alicyclic amines) is 1. The van der Waals surface area contributed by atoms with Crippen molar-refractivity contribution in [2.75, 3.05) is 13.1 Å². The normalized spacial score (nSPS) is 15.2. The number of amides is 1. The summed E-state index contributed by atoms with van der Waals surface area (Å²) in [5, 5.41) is 8.89. The third-order valence-electron chi connectivity index (χ3n) is 5.25. The SMILES string of the molecule is CCCc1cn(CC2CCN(C(=O)c3nc4ccccc4c(=O)[nH]3)CC2)nn1. The number of aromatic nitrogens is 5. The Balaban J connectivity index is 1.39. The molecule has 8 heteroatoms. The molecule has 0 radical (unpaired) electrons. The maximum absolute atomic E-state index is 12.8. The summed E-state index contributed by atoms with van der Waals surface area (Å²) < 4.78 is 1.91. The molecule has 8 nitrogen and oxygen atoms in total. The lowest BCUT2D eigenvalue weighted by Crippen LogP contribution is -2.40. The van der Waals surface area contributed by atoms with Crippen LogP contribution in [0.1, 0.15) is 42.5 Å². The van der Waals surface area contributed by atoms with Crippen LogP contribution >= 0.6 is 0 Å². The molecule has 3 aromatic rings. The fourth-order valence-electron chi connectivity index (χ4n) is 3.72. The van der Waals surface area contributed by atoms with Crippen LogP contribution in [-0.2, 0) is 13.0 Å². The highest BCUT2D eigenvalue weighted by Gasteiger charge is 2.25. The number of benzene rings is 1.